The Balaban J connectivity index is 1.83. The predicted molar refractivity (Wildman–Crippen MR) is 90.7 cm³/mol. The highest BCUT2D eigenvalue weighted by atomic mass is 32.1. The third kappa shape index (κ3) is 1.80. The van der Waals surface area contributed by atoms with Gasteiger partial charge < -0.3 is 0 Å². The van der Waals surface area contributed by atoms with Crippen LogP contribution in [0.3, 0.4) is 0 Å². The molecule has 5 rings (SSSR count). The van der Waals surface area contributed by atoms with Gasteiger partial charge in [-0.1, -0.05) is 0 Å². The minimum Gasteiger partial charge on any atom is -0.258 e. The first kappa shape index (κ1) is 13.6. The number of aryl methyl sites for hydroxylation is 2. The van der Waals surface area contributed by atoms with Crippen molar-refractivity contribution in [1.82, 2.24) is 19.7 Å². The van der Waals surface area contributed by atoms with Crippen LogP contribution in [0.25, 0.3) is 26.9 Å². The fraction of sp³-hybridized carbons (Fsp3) is 0.188. The summed E-state index contributed by atoms with van der Waals surface area (Å²) in [5, 5.41) is 17.4. The lowest BCUT2D eigenvalue weighted by atomic mass is 10.2. The van der Waals surface area contributed by atoms with Crippen LogP contribution in [0.4, 0.5) is 5.69 Å². The molecule has 0 unspecified atom stereocenters. The van der Waals surface area contributed by atoms with E-state index in [1.165, 1.54) is 22.8 Å². The molecule has 1 aliphatic rings. The standard InChI is InChI=1S/C16H11N5O2S/c22-21(23)10-5-4-9-7-19-20(12(9)6-10)15-14-11-2-1-3-13(11)24-16(14)18-8-17-15/h4-8H,1-3H2. The molecule has 0 bridgehead atoms. The lowest BCUT2D eigenvalue weighted by Crippen LogP contribution is -2.01. The number of fused-ring (bicyclic) bond motifs is 4. The molecule has 0 spiro atoms. The van der Waals surface area contributed by atoms with Crippen molar-refractivity contribution in [2.75, 3.05) is 0 Å². The van der Waals surface area contributed by atoms with Gasteiger partial charge in [-0.25, -0.2) is 14.6 Å². The minimum absolute atomic E-state index is 0.0464. The van der Waals surface area contributed by atoms with Crippen molar-refractivity contribution in [3.63, 3.8) is 0 Å². The smallest absolute Gasteiger partial charge is 0.258 e. The van der Waals surface area contributed by atoms with Gasteiger partial charge in [-0.05, 0) is 30.9 Å². The number of hydrogen-bond acceptors (Lipinski definition) is 6. The molecule has 0 saturated carbocycles. The topological polar surface area (TPSA) is 86.7 Å². The van der Waals surface area contributed by atoms with Gasteiger partial charge in [0.05, 0.1) is 22.0 Å². The van der Waals surface area contributed by atoms with E-state index in [1.54, 1.807) is 34.3 Å². The van der Waals surface area contributed by atoms with Crippen LogP contribution < -0.4 is 0 Å². The van der Waals surface area contributed by atoms with Gasteiger partial charge in [0.15, 0.2) is 5.82 Å². The molecule has 3 heterocycles. The van der Waals surface area contributed by atoms with Crippen LogP contribution in [-0.2, 0) is 12.8 Å². The second kappa shape index (κ2) is 4.81. The summed E-state index contributed by atoms with van der Waals surface area (Å²) in [5.41, 5.74) is 2.03. The zero-order valence-electron chi connectivity index (χ0n) is 12.5. The summed E-state index contributed by atoms with van der Waals surface area (Å²) >= 11 is 1.71. The van der Waals surface area contributed by atoms with Gasteiger partial charge in [0, 0.05) is 22.4 Å². The van der Waals surface area contributed by atoms with E-state index in [-0.39, 0.29) is 5.69 Å². The second-order valence-electron chi connectivity index (χ2n) is 5.79. The summed E-state index contributed by atoms with van der Waals surface area (Å²) in [7, 11) is 0. The highest BCUT2D eigenvalue weighted by Crippen LogP contribution is 2.39. The maximum absolute atomic E-state index is 11.1. The maximum atomic E-state index is 11.1. The van der Waals surface area contributed by atoms with Crippen molar-refractivity contribution in [3.05, 3.63) is 51.3 Å². The van der Waals surface area contributed by atoms with E-state index in [0.717, 1.165) is 34.9 Å². The van der Waals surface area contributed by atoms with Gasteiger partial charge in [-0.15, -0.1) is 11.3 Å². The Morgan fingerprint density at radius 3 is 3.04 bits per heavy atom. The van der Waals surface area contributed by atoms with E-state index in [9.17, 15) is 10.1 Å². The number of aromatic nitrogens is 4. The average Bonchev–Trinajstić information content (AvgIpc) is 3.27. The van der Waals surface area contributed by atoms with Gasteiger partial charge in [-0.2, -0.15) is 5.10 Å². The van der Waals surface area contributed by atoms with Crippen molar-refractivity contribution in [2.24, 2.45) is 0 Å². The molecule has 24 heavy (non-hydrogen) atoms. The number of non-ortho nitro benzene ring substituents is 1. The average molecular weight is 337 g/mol. The van der Waals surface area contributed by atoms with Crippen LogP contribution in [0.5, 0.6) is 0 Å². The van der Waals surface area contributed by atoms with E-state index >= 15 is 0 Å². The Morgan fingerprint density at radius 1 is 1.25 bits per heavy atom. The summed E-state index contributed by atoms with van der Waals surface area (Å²) in [5.74, 6) is 0.704. The first-order chi connectivity index (χ1) is 11.7. The second-order valence-corrected chi connectivity index (χ2v) is 6.87. The molecule has 1 aromatic carbocycles. The Bertz CT molecular complexity index is 1130. The quantitative estimate of drug-likeness (QED) is 0.413. The molecule has 4 aromatic rings. The molecule has 118 valence electrons. The van der Waals surface area contributed by atoms with Crippen molar-refractivity contribution in [1.29, 1.82) is 0 Å². The lowest BCUT2D eigenvalue weighted by molar-refractivity contribution is -0.384. The van der Waals surface area contributed by atoms with Gasteiger partial charge in [-0.3, -0.25) is 10.1 Å². The number of rotatable bonds is 2. The van der Waals surface area contributed by atoms with Crippen molar-refractivity contribution in [2.45, 2.75) is 19.3 Å². The Labute approximate surface area is 139 Å². The SMILES string of the molecule is O=[N+]([O-])c1ccc2cnn(-c3ncnc4sc5c(c34)CCC5)c2c1. The molecular formula is C16H11N5O2S. The number of benzene rings is 1. The molecule has 0 N–H and O–H groups in total. The zero-order chi connectivity index (χ0) is 16.3. The fourth-order valence-corrected chi connectivity index (χ4v) is 4.59. The van der Waals surface area contributed by atoms with Crippen molar-refractivity contribution >= 4 is 38.1 Å². The van der Waals surface area contributed by atoms with Crippen LogP contribution in [0.15, 0.2) is 30.7 Å². The first-order valence-electron chi connectivity index (χ1n) is 7.60. The van der Waals surface area contributed by atoms with Crippen LogP contribution in [0, 0.1) is 10.1 Å². The zero-order valence-corrected chi connectivity index (χ0v) is 13.3. The molecule has 7 nitrogen and oxygen atoms in total. The molecule has 0 amide bonds. The minimum atomic E-state index is -0.394. The summed E-state index contributed by atoms with van der Waals surface area (Å²) in [6.45, 7) is 0. The van der Waals surface area contributed by atoms with E-state index in [2.05, 4.69) is 15.1 Å². The van der Waals surface area contributed by atoms with Gasteiger partial charge >= 0.3 is 0 Å². The van der Waals surface area contributed by atoms with Crippen LogP contribution in [0.2, 0.25) is 0 Å². The summed E-state index contributed by atoms with van der Waals surface area (Å²) in [6.07, 6.45) is 6.50. The van der Waals surface area contributed by atoms with Crippen molar-refractivity contribution < 1.29 is 4.92 Å². The van der Waals surface area contributed by atoms with Gasteiger partial charge in [0.25, 0.3) is 5.69 Å². The lowest BCUT2D eigenvalue weighted by Gasteiger charge is -2.05. The number of nitrogens with zero attached hydrogens (tertiary/aromatic N) is 5. The number of thiophene rings is 1. The first-order valence-corrected chi connectivity index (χ1v) is 8.42. The molecule has 0 atom stereocenters. The van der Waals surface area contributed by atoms with Crippen LogP contribution in [-0.4, -0.2) is 24.7 Å². The highest BCUT2D eigenvalue weighted by molar-refractivity contribution is 7.19. The molecule has 8 heteroatoms. The Hall–Kier alpha value is -2.87. The summed E-state index contributed by atoms with van der Waals surface area (Å²) < 4.78 is 1.69. The number of hydrogen-bond donors (Lipinski definition) is 0. The molecule has 0 saturated heterocycles. The van der Waals surface area contributed by atoms with Crippen LogP contribution >= 0.6 is 11.3 Å². The molecular weight excluding hydrogens is 326 g/mol. The largest absolute Gasteiger partial charge is 0.271 e. The summed E-state index contributed by atoms with van der Waals surface area (Å²) in [6, 6.07) is 4.75. The molecule has 0 fully saturated rings. The predicted octanol–water partition coefficient (Wildman–Crippen LogP) is 3.43. The fourth-order valence-electron chi connectivity index (χ4n) is 3.36. The molecule has 3 aromatic heterocycles. The third-order valence-electron chi connectivity index (χ3n) is 4.45. The molecule has 0 aliphatic heterocycles. The highest BCUT2D eigenvalue weighted by Gasteiger charge is 2.23. The van der Waals surface area contributed by atoms with Gasteiger partial charge in [0.1, 0.15) is 11.2 Å². The Morgan fingerprint density at radius 2 is 2.17 bits per heavy atom. The Kier molecular flexibility index (Phi) is 2.72. The third-order valence-corrected chi connectivity index (χ3v) is 5.65. The number of nitro groups is 1. The number of nitro benzene ring substituents is 1. The van der Waals surface area contributed by atoms with E-state index in [0.29, 0.717) is 11.3 Å². The monoisotopic (exact) mass is 337 g/mol. The van der Waals surface area contributed by atoms with E-state index < -0.39 is 4.92 Å². The molecule has 0 radical (unpaired) electrons. The van der Waals surface area contributed by atoms with E-state index in [4.69, 9.17) is 0 Å². The van der Waals surface area contributed by atoms with Gasteiger partial charge in [0.2, 0.25) is 0 Å². The maximum Gasteiger partial charge on any atom is 0.271 e. The molecule has 1 aliphatic carbocycles. The van der Waals surface area contributed by atoms with E-state index in [1.807, 2.05) is 0 Å². The normalized spacial score (nSPS) is 13.7. The van der Waals surface area contributed by atoms with Crippen molar-refractivity contribution in [3.8, 4) is 5.82 Å². The van der Waals surface area contributed by atoms with Crippen LogP contribution in [0.1, 0.15) is 16.9 Å². The summed E-state index contributed by atoms with van der Waals surface area (Å²) in [4.78, 5) is 21.9.